The van der Waals surface area contributed by atoms with Crippen LogP contribution >= 0.6 is 0 Å². The number of nitrogen functional groups attached to an aromatic ring is 1. The van der Waals surface area contributed by atoms with Gasteiger partial charge in [-0.25, -0.2) is 10.1 Å². The van der Waals surface area contributed by atoms with Crippen molar-refractivity contribution in [2.24, 2.45) is 11.0 Å². The maximum absolute atomic E-state index is 12.8. The molecule has 31 heavy (non-hydrogen) atoms. The second kappa shape index (κ2) is 8.52. The van der Waals surface area contributed by atoms with Gasteiger partial charge < -0.3 is 5.73 Å². The number of nitro benzene ring substituents is 1. The third kappa shape index (κ3) is 4.14. The van der Waals surface area contributed by atoms with Gasteiger partial charge in [0.2, 0.25) is 11.6 Å². The van der Waals surface area contributed by atoms with E-state index in [0.29, 0.717) is 5.56 Å². The molecule has 13 heteroatoms. The Bertz CT molecular complexity index is 1160. The Kier molecular flexibility index (Phi) is 5.47. The van der Waals surface area contributed by atoms with Crippen LogP contribution in [-0.4, -0.2) is 42.4 Å². The van der Waals surface area contributed by atoms with Gasteiger partial charge in [-0.2, -0.15) is 9.78 Å². The van der Waals surface area contributed by atoms with Crippen LogP contribution in [0, 0.1) is 16.0 Å². The number of nitrogens with zero attached hydrogens (tertiary/aromatic N) is 7. The van der Waals surface area contributed by atoms with Crippen LogP contribution in [0.4, 0.5) is 11.5 Å². The Morgan fingerprint density at radius 1 is 1.32 bits per heavy atom. The molecule has 0 saturated heterocycles. The van der Waals surface area contributed by atoms with Gasteiger partial charge in [0.15, 0.2) is 5.69 Å². The van der Waals surface area contributed by atoms with Gasteiger partial charge in [-0.15, -0.1) is 5.10 Å². The number of rotatable bonds is 6. The lowest BCUT2D eigenvalue weighted by molar-refractivity contribution is -0.384. The van der Waals surface area contributed by atoms with Gasteiger partial charge in [0.1, 0.15) is 5.69 Å². The maximum atomic E-state index is 12.8. The fraction of sp³-hybridized carbons (Fsp3) is 0.222. The number of carbonyl (C=O) groups excluding carboxylic acids is 1. The second-order valence-corrected chi connectivity index (χ2v) is 6.74. The van der Waals surface area contributed by atoms with Crippen LogP contribution in [0.1, 0.15) is 29.8 Å². The number of hydrogen-bond donors (Lipinski definition) is 2. The van der Waals surface area contributed by atoms with Crippen LogP contribution in [0.3, 0.4) is 0 Å². The van der Waals surface area contributed by atoms with Crippen molar-refractivity contribution < 1.29 is 14.3 Å². The van der Waals surface area contributed by atoms with E-state index in [4.69, 9.17) is 5.73 Å². The highest BCUT2D eigenvalue weighted by Crippen LogP contribution is 2.28. The molecule has 3 aromatic rings. The largest absolute Gasteiger partial charge is 0.378 e. The zero-order valence-electron chi connectivity index (χ0n) is 16.1. The predicted molar refractivity (Wildman–Crippen MR) is 108 cm³/mol. The number of hydrogen-bond acceptors (Lipinski definition) is 10. The van der Waals surface area contributed by atoms with Crippen LogP contribution in [-0.2, 0) is 0 Å². The first kappa shape index (κ1) is 19.9. The number of nitrogens with two attached hydrogens (primary N) is 1. The molecule has 1 aliphatic rings. The van der Waals surface area contributed by atoms with Gasteiger partial charge in [0.25, 0.3) is 11.6 Å². The summed E-state index contributed by atoms with van der Waals surface area (Å²) in [4.78, 5) is 23.2. The van der Waals surface area contributed by atoms with Crippen molar-refractivity contribution in [3.63, 3.8) is 0 Å². The van der Waals surface area contributed by atoms with Crippen LogP contribution in [0.5, 0.6) is 0 Å². The molecule has 4 rings (SSSR count). The molecular weight excluding hydrogens is 406 g/mol. The molecule has 13 nitrogen and oxygen atoms in total. The van der Waals surface area contributed by atoms with E-state index in [9.17, 15) is 14.9 Å². The van der Waals surface area contributed by atoms with Gasteiger partial charge in [-0.05, 0) is 47.6 Å². The third-order valence-electron chi connectivity index (χ3n) is 4.69. The Hall–Kier alpha value is -4.42. The number of nitro groups is 1. The van der Waals surface area contributed by atoms with E-state index in [-0.39, 0.29) is 34.6 Å². The lowest BCUT2D eigenvalue weighted by Crippen LogP contribution is -2.20. The number of carbonyl (C=O) groups is 1. The number of amides is 1. The summed E-state index contributed by atoms with van der Waals surface area (Å²) >= 11 is 0. The summed E-state index contributed by atoms with van der Waals surface area (Å²) < 4.78 is 5.79. The van der Waals surface area contributed by atoms with Gasteiger partial charge >= 0.3 is 0 Å². The molecule has 1 amide bonds. The monoisotopic (exact) mass is 423 g/mol. The van der Waals surface area contributed by atoms with Crippen LogP contribution in [0.2, 0.25) is 0 Å². The molecule has 0 saturated carbocycles. The highest BCUT2D eigenvalue weighted by Gasteiger charge is 2.25. The van der Waals surface area contributed by atoms with E-state index in [1.165, 1.54) is 28.9 Å². The van der Waals surface area contributed by atoms with Crippen molar-refractivity contribution in [2.75, 3.05) is 5.73 Å². The summed E-state index contributed by atoms with van der Waals surface area (Å²) in [5, 5.41) is 30.1. The Labute approximate surface area is 174 Å². The number of hydrazone groups is 1. The third-order valence-corrected chi connectivity index (χ3v) is 4.69. The SMILES string of the molecule is Nc1nonc1-n1nnc(C(=O)N/N=C\[C@H]2CC=CCC2)c1-c1ccc([N+](=O)[O-])cc1. The number of nitrogens with one attached hydrogen (secondary N) is 1. The van der Waals surface area contributed by atoms with E-state index < -0.39 is 10.8 Å². The summed E-state index contributed by atoms with van der Waals surface area (Å²) in [5.74, 6) is -0.408. The lowest BCUT2D eigenvalue weighted by Gasteiger charge is -2.11. The van der Waals surface area contributed by atoms with Crippen molar-refractivity contribution in [1.29, 1.82) is 0 Å². The van der Waals surface area contributed by atoms with Crippen molar-refractivity contribution in [3.8, 4) is 17.1 Å². The van der Waals surface area contributed by atoms with Gasteiger partial charge in [-0.3, -0.25) is 14.9 Å². The quantitative estimate of drug-likeness (QED) is 0.259. The average molecular weight is 423 g/mol. The smallest absolute Gasteiger partial charge is 0.294 e. The molecule has 0 radical (unpaired) electrons. The first-order valence-electron chi connectivity index (χ1n) is 9.32. The summed E-state index contributed by atoms with van der Waals surface area (Å²) in [5.41, 5.74) is 8.65. The highest BCUT2D eigenvalue weighted by atomic mass is 16.6. The minimum absolute atomic E-state index is 0.0254. The van der Waals surface area contributed by atoms with Crippen molar-refractivity contribution in [3.05, 3.63) is 52.2 Å². The van der Waals surface area contributed by atoms with Crippen molar-refractivity contribution >= 4 is 23.6 Å². The molecule has 1 aliphatic carbocycles. The highest BCUT2D eigenvalue weighted by molar-refractivity contribution is 5.98. The van der Waals surface area contributed by atoms with Crippen molar-refractivity contribution in [2.45, 2.75) is 19.3 Å². The predicted octanol–water partition coefficient (Wildman–Crippen LogP) is 1.88. The molecule has 0 unspecified atom stereocenters. The van der Waals surface area contributed by atoms with Gasteiger partial charge in [0.05, 0.1) is 4.92 Å². The topological polar surface area (TPSA) is 180 Å². The minimum atomic E-state index is -0.614. The number of anilines is 1. The standard InChI is InChI=1S/C18H17N9O4/c19-16-17(24-31-23-16)26-15(12-6-8-13(9-7-12)27(29)30)14(21-25-26)18(28)22-20-10-11-4-2-1-3-5-11/h1-2,6-11H,3-5H2,(H2,19,23)(H,22,28)/b20-10-/t11-/m0/s1. The maximum Gasteiger partial charge on any atom is 0.294 e. The molecule has 2 heterocycles. The fourth-order valence-electron chi connectivity index (χ4n) is 3.13. The van der Waals surface area contributed by atoms with E-state index in [1.54, 1.807) is 6.21 Å². The molecule has 1 atom stereocenters. The summed E-state index contributed by atoms with van der Waals surface area (Å²) in [6.07, 6.45) is 8.67. The Morgan fingerprint density at radius 3 is 2.77 bits per heavy atom. The zero-order valence-corrected chi connectivity index (χ0v) is 16.1. The molecule has 0 bridgehead atoms. The lowest BCUT2D eigenvalue weighted by atomic mass is 9.96. The van der Waals surface area contributed by atoms with E-state index in [1.807, 2.05) is 0 Å². The molecule has 0 fully saturated rings. The van der Waals surface area contributed by atoms with E-state index >= 15 is 0 Å². The molecule has 1 aromatic carbocycles. The Morgan fingerprint density at radius 2 is 2.13 bits per heavy atom. The molecule has 3 N–H and O–H groups in total. The van der Waals surface area contributed by atoms with Gasteiger partial charge in [0, 0.05) is 23.9 Å². The fourth-order valence-corrected chi connectivity index (χ4v) is 3.13. The summed E-state index contributed by atoms with van der Waals surface area (Å²) in [7, 11) is 0. The van der Waals surface area contributed by atoms with Crippen LogP contribution in [0.15, 0.2) is 46.1 Å². The zero-order chi connectivity index (χ0) is 21.8. The number of benzene rings is 1. The normalized spacial score (nSPS) is 15.9. The molecular formula is C18H17N9O4. The first-order chi connectivity index (χ1) is 15.0. The first-order valence-corrected chi connectivity index (χ1v) is 9.32. The van der Waals surface area contributed by atoms with Crippen LogP contribution < -0.4 is 11.2 Å². The Balaban J connectivity index is 1.67. The average Bonchev–Trinajstić information content (AvgIpc) is 3.40. The minimum Gasteiger partial charge on any atom is -0.378 e. The van der Waals surface area contributed by atoms with Crippen molar-refractivity contribution in [1.82, 2.24) is 30.7 Å². The number of aromatic nitrogens is 5. The number of allylic oxidation sites excluding steroid dienone is 2. The van der Waals surface area contributed by atoms with Gasteiger partial charge in [-0.1, -0.05) is 17.4 Å². The van der Waals surface area contributed by atoms with E-state index in [0.717, 1.165) is 19.3 Å². The molecule has 0 aliphatic heterocycles. The molecule has 0 spiro atoms. The van der Waals surface area contributed by atoms with Crippen LogP contribution in [0.25, 0.3) is 17.1 Å². The van der Waals surface area contributed by atoms with E-state index in [2.05, 4.69) is 47.9 Å². The number of non-ortho nitro benzene ring substituents is 1. The second-order valence-electron chi connectivity index (χ2n) is 6.74. The summed E-state index contributed by atoms with van der Waals surface area (Å²) in [6, 6.07) is 5.53. The molecule has 158 valence electrons. The molecule has 2 aromatic heterocycles. The summed E-state index contributed by atoms with van der Waals surface area (Å²) in [6.45, 7) is 0.